The first-order valence-corrected chi connectivity index (χ1v) is 24.1. The first-order valence-electron chi connectivity index (χ1n) is 22.1. The van der Waals surface area contributed by atoms with Gasteiger partial charge in [0.25, 0.3) is 0 Å². The van der Waals surface area contributed by atoms with Crippen LogP contribution in [0.15, 0.2) is 12.7 Å². The van der Waals surface area contributed by atoms with Gasteiger partial charge in [0.15, 0.2) is 0 Å². The third kappa shape index (κ3) is 44.6. The maximum Gasteiger partial charge on any atom is 0.00837 e. The Balaban J connectivity index is 0. The molecule has 0 aromatic heterocycles. The molecule has 0 heterocycles. The SMILES string of the molecule is C=CCCC.CCCCCC(C)(C)CC(C)(C)CCCSNCCCNCCCNCCCCNCCCNCCCNSCCC(C)(C)CCC. The van der Waals surface area contributed by atoms with Gasteiger partial charge in [0.05, 0.1) is 0 Å². The molecule has 6 nitrogen and oxygen atoms in total. The first kappa shape index (κ1) is 54.3. The van der Waals surface area contributed by atoms with Crippen molar-refractivity contribution < 1.29 is 0 Å². The summed E-state index contributed by atoms with van der Waals surface area (Å²) in [6.45, 7) is 36.2. The highest BCUT2D eigenvalue weighted by Crippen LogP contribution is 2.40. The van der Waals surface area contributed by atoms with Crippen LogP contribution in [0, 0.1) is 16.2 Å². The molecule has 0 aromatic carbocycles. The Kier molecular flexibility index (Phi) is 41.2. The van der Waals surface area contributed by atoms with Crippen molar-refractivity contribution in [2.24, 2.45) is 16.2 Å². The van der Waals surface area contributed by atoms with Crippen LogP contribution in [0.25, 0.3) is 0 Å². The third-order valence-corrected chi connectivity index (χ3v) is 11.4. The van der Waals surface area contributed by atoms with Crippen LogP contribution >= 0.6 is 23.9 Å². The molecule has 0 saturated heterocycles. The number of unbranched alkanes of at least 4 members (excludes halogenated alkanes) is 4. The van der Waals surface area contributed by atoms with Gasteiger partial charge in [0.2, 0.25) is 0 Å². The molecule has 52 heavy (non-hydrogen) atoms. The molecule has 0 atom stereocenters. The molecule has 6 N–H and O–H groups in total. The summed E-state index contributed by atoms with van der Waals surface area (Å²) in [5, 5.41) is 14.4. The fraction of sp³-hybridized carbons (Fsp3) is 0.955. The lowest BCUT2D eigenvalue weighted by Crippen LogP contribution is -2.26. The van der Waals surface area contributed by atoms with Gasteiger partial charge < -0.3 is 21.3 Å². The van der Waals surface area contributed by atoms with Crippen LogP contribution in [-0.4, -0.2) is 77.0 Å². The van der Waals surface area contributed by atoms with Crippen molar-refractivity contribution in [3.63, 3.8) is 0 Å². The summed E-state index contributed by atoms with van der Waals surface area (Å²) in [4.78, 5) is 0. The van der Waals surface area contributed by atoms with E-state index in [2.05, 4.69) is 99.6 Å². The molecule has 0 unspecified atom stereocenters. The Morgan fingerprint density at radius 3 is 1.29 bits per heavy atom. The van der Waals surface area contributed by atoms with Gasteiger partial charge in [-0.1, -0.05) is 124 Å². The second-order valence-electron chi connectivity index (χ2n) is 17.4. The largest absolute Gasteiger partial charge is 0.317 e. The molecule has 0 aliphatic carbocycles. The molecule has 8 heteroatoms. The lowest BCUT2D eigenvalue weighted by atomic mass is 9.71. The summed E-state index contributed by atoms with van der Waals surface area (Å²) in [6.07, 6.45) is 25.0. The Hall–Kier alpha value is 0.200. The number of nitrogens with one attached hydrogen (secondary N) is 6. The summed E-state index contributed by atoms with van der Waals surface area (Å²) in [5.74, 6) is 2.44. The monoisotopic (exact) mass is 773 g/mol. The Labute approximate surface area is 337 Å². The average Bonchev–Trinajstić information content (AvgIpc) is 3.07. The predicted molar refractivity (Wildman–Crippen MR) is 244 cm³/mol. The summed E-state index contributed by atoms with van der Waals surface area (Å²) < 4.78 is 7.11. The van der Waals surface area contributed by atoms with Gasteiger partial charge in [-0.25, -0.2) is 0 Å². The topological polar surface area (TPSA) is 72.2 Å². The predicted octanol–water partition coefficient (Wildman–Crippen LogP) is 11.2. The summed E-state index contributed by atoms with van der Waals surface area (Å²) in [5.41, 5.74) is 1.42. The Morgan fingerprint density at radius 1 is 0.423 bits per heavy atom. The van der Waals surface area contributed by atoms with Crippen LogP contribution < -0.4 is 30.7 Å². The molecule has 0 aliphatic heterocycles. The van der Waals surface area contributed by atoms with Crippen LogP contribution in [0.1, 0.15) is 178 Å². The minimum atomic E-state index is 0.451. The number of hydrogen-bond donors (Lipinski definition) is 6. The van der Waals surface area contributed by atoms with Crippen LogP contribution in [0.4, 0.5) is 0 Å². The number of rotatable bonds is 40. The van der Waals surface area contributed by atoms with Gasteiger partial charge in [-0.3, -0.25) is 9.44 Å². The Morgan fingerprint density at radius 2 is 0.865 bits per heavy atom. The van der Waals surface area contributed by atoms with Crippen molar-refractivity contribution in [1.29, 1.82) is 0 Å². The highest BCUT2D eigenvalue weighted by molar-refractivity contribution is 7.97. The van der Waals surface area contributed by atoms with E-state index in [4.69, 9.17) is 0 Å². The minimum Gasteiger partial charge on any atom is -0.317 e. The molecule has 314 valence electrons. The highest BCUT2D eigenvalue weighted by atomic mass is 32.2. The number of allylic oxidation sites excluding steroid dienone is 1. The van der Waals surface area contributed by atoms with E-state index in [9.17, 15) is 0 Å². The zero-order valence-corrected chi connectivity index (χ0v) is 38.4. The fourth-order valence-electron chi connectivity index (χ4n) is 6.82. The molecule has 0 aliphatic rings. The third-order valence-electron chi connectivity index (χ3n) is 9.65. The van der Waals surface area contributed by atoms with E-state index in [0.717, 1.165) is 71.9 Å². The maximum atomic E-state index is 3.61. The van der Waals surface area contributed by atoms with Crippen molar-refractivity contribution in [2.75, 3.05) is 77.0 Å². The van der Waals surface area contributed by atoms with Crippen LogP contribution in [0.3, 0.4) is 0 Å². The van der Waals surface area contributed by atoms with E-state index in [1.54, 1.807) is 0 Å². The maximum absolute atomic E-state index is 3.61. The lowest BCUT2D eigenvalue weighted by Gasteiger charge is -2.35. The molecular formula is C44H96N6S2. The van der Waals surface area contributed by atoms with Crippen LogP contribution in [0.2, 0.25) is 0 Å². The van der Waals surface area contributed by atoms with E-state index >= 15 is 0 Å². The van der Waals surface area contributed by atoms with Crippen molar-refractivity contribution in [3.05, 3.63) is 12.7 Å². The van der Waals surface area contributed by atoms with E-state index in [-0.39, 0.29) is 0 Å². The molecule has 0 saturated carbocycles. The minimum absolute atomic E-state index is 0.451. The number of hydrogen-bond acceptors (Lipinski definition) is 8. The smallest absolute Gasteiger partial charge is 0.00837 e. The van der Waals surface area contributed by atoms with E-state index in [1.807, 2.05) is 30.0 Å². The van der Waals surface area contributed by atoms with Crippen molar-refractivity contribution in [2.45, 2.75) is 178 Å². The molecule has 0 aromatic rings. The zero-order valence-electron chi connectivity index (χ0n) is 36.8. The molecule has 0 rings (SSSR count). The molecule has 0 bridgehead atoms. The van der Waals surface area contributed by atoms with Gasteiger partial charge in [-0.2, -0.15) is 0 Å². The first-order chi connectivity index (χ1) is 24.9. The molecule has 0 spiro atoms. The molecule has 0 amide bonds. The zero-order chi connectivity index (χ0) is 39.1. The van der Waals surface area contributed by atoms with Crippen LogP contribution in [-0.2, 0) is 0 Å². The van der Waals surface area contributed by atoms with Crippen molar-refractivity contribution in [1.82, 2.24) is 30.7 Å². The highest BCUT2D eigenvalue weighted by Gasteiger charge is 2.28. The fourth-order valence-corrected chi connectivity index (χ4v) is 8.63. The second-order valence-corrected chi connectivity index (χ2v) is 19.4. The van der Waals surface area contributed by atoms with Gasteiger partial charge in [0.1, 0.15) is 0 Å². The summed E-state index contributed by atoms with van der Waals surface area (Å²) in [7, 11) is 0. The van der Waals surface area contributed by atoms with E-state index < -0.39 is 0 Å². The average molecular weight is 773 g/mol. The van der Waals surface area contributed by atoms with Crippen molar-refractivity contribution >= 4 is 23.9 Å². The molecule has 0 radical (unpaired) electrons. The van der Waals surface area contributed by atoms with Crippen molar-refractivity contribution in [3.8, 4) is 0 Å². The quantitative estimate of drug-likeness (QED) is 0.0209. The molecular weight excluding hydrogens is 677 g/mol. The standard InChI is InChI=1S/C39H86N6S2.C5H10/c1-9-11-12-21-38(5,6)36-39(7,8)22-15-34-46-44-32-18-30-42-28-16-26-40-24-13-14-25-41-27-17-29-43-31-19-33-45-47-35-23-37(3,4)20-10-2;1-3-5-4-2/h40-45H,9-36H2,1-8H3;3H,1,4-5H2,2H3. The van der Waals surface area contributed by atoms with E-state index in [0.29, 0.717) is 16.2 Å². The summed E-state index contributed by atoms with van der Waals surface area (Å²) in [6, 6.07) is 0. The van der Waals surface area contributed by atoms with Gasteiger partial charge in [-0.05, 0) is 152 Å². The van der Waals surface area contributed by atoms with Crippen LogP contribution in [0.5, 0.6) is 0 Å². The normalized spacial score (nSPS) is 12.2. The van der Waals surface area contributed by atoms with Gasteiger partial charge >= 0.3 is 0 Å². The Bertz CT molecular complexity index is 719. The lowest BCUT2D eigenvalue weighted by molar-refractivity contribution is 0.167. The van der Waals surface area contributed by atoms with E-state index in [1.165, 1.54) is 121 Å². The van der Waals surface area contributed by atoms with Gasteiger partial charge in [0, 0.05) is 24.6 Å². The van der Waals surface area contributed by atoms with Gasteiger partial charge in [-0.15, -0.1) is 6.58 Å². The molecule has 0 fully saturated rings. The summed E-state index contributed by atoms with van der Waals surface area (Å²) >= 11 is 3.83. The second kappa shape index (κ2) is 39.4.